The molecule has 2 rings (SSSR count). The second-order valence-electron chi connectivity index (χ2n) is 3.79. The van der Waals surface area contributed by atoms with Gasteiger partial charge in [-0.25, -0.2) is 0 Å². The molecule has 82 valence electrons. The van der Waals surface area contributed by atoms with Crippen LogP contribution in [0.2, 0.25) is 5.02 Å². The molecule has 1 aromatic carbocycles. The predicted molar refractivity (Wildman–Crippen MR) is 67.6 cm³/mol. The van der Waals surface area contributed by atoms with Crippen LogP contribution in [0.1, 0.15) is 12.8 Å². The molecule has 0 saturated carbocycles. The van der Waals surface area contributed by atoms with E-state index in [-0.39, 0.29) is 0 Å². The molecule has 1 aliphatic rings. The lowest BCUT2D eigenvalue weighted by Gasteiger charge is -2.10. The second-order valence-corrected chi connectivity index (χ2v) is 5.26. The van der Waals surface area contributed by atoms with Crippen molar-refractivity contribution >= 4 is 29.1 Å². The van der Waals surface area contributed by atoms with Gasteiger partial charge in [0, 0.05) is 22.4 Å². The quantitative estimate of drug-likeness (QED) is 0.632. The zero-order valence-electron chi connectivity index (χ0n) is 8.50. The third-order valence-corrected chi connectivity index (χ3v) is 4.22. The Morgan fingerprint density at radius 2 is 2.40 bits per heavy atom. The Kier molecular flexibility index (Phi) is 3.78. The molecule has 1 fully saturated rings. The van der Waals surface area contributed by atoms with Crippen molar-refractivity contribution in [2.24, 2.45) is 0 Å². The number of anilines is 1. The number of rotatable bonds is 3. The molecule has 3 N–H and O–H groups in total. The number of thioether (sulfide) groups is 1. The summed E-state index contributed by atoms with van der Waals surface area (Å²) in [7, 11) is 0. The van der Waals surface area contributed by atoms with Gasteiger partial charge in [-0.05, 0) is 37.6 Å². The van der Waals surface area contributed by atoms with Gasteiger partial charge < -0.3 is 11.1 Å². The number of nitrogens with one attached hydrogen (secondary N) is 1. The van der Waals surface area contributed by atoms with Gasteiger partial charge in [-0.15, -0.1) is 11.8 Å². The highest BCUT2D eigenvalue weighted by Gasteiger charge is 2.14. The van der Waals surface area contributed by atoms with E-state index in [1.807, 2.05) is 18.2 Å². The molecule has 1 saturated heterocycles. The highest BCUT2D eigenvalue weighted by molar-refractivity contribution is 7.99. The molecule has 0 amide bonds. The van der Waals surface area contributed by atoms with Crippen molar-refractivity contribution in [1.29, 1.82) is 0 Å². The Labute approximate surface area is 99.6 Å². The van der Waals surface area contributed by atoms with Crippen molar-refractivity contribution in [3.8, 4) is 0 Å². The average Bonchev–Trinajstić information content (AvgIpc) is 2.69. The zero-order valence-corrected chi connectivity index (χ0v) is 10.1. The Balaban J connectivity index is 1.92. The molecular formula is C11H15ClN2S. The highest BCUT2D eigenvalue weighted by Crippen LogP contribution is 2.30. The van der Waals surface area contributed by atoms with E-state index in [0.29, 0.717) is 6.04 Å². The normalized spacial score (nSPS) is 20.7. The van der Waals surface area contributed by atoms with Gasteiger partial charge in [-0.3, -0.25) is 0 Å². The van der Waals surface area contributed by atoms with Gasteiger partial charge in [0.1, 0.15) is 0 Å². The van der Waals surface area contributed by atoms with Crippen molar-refractivity contribution in [3.63, 3.8) is 0 Å². The molecule has 0 bridgehead atoms. The molecule has 4 heteroatoms. The van der Waals surface area contributed by atoms with Crippen molar-refractivity contribution in [3.05, 3.63) is 23.2 Å². The van der Waals surface area contributed by atoms with E-state index < -0.39 is 0 Å². The van der Waals surface area contributed by atoms with E-state index in [9.17, 15) is 0 Å². The molecule has 1 heterocycles. The maximum atomic E-state index is 6.09. The van der Waals surface area contributed by atoms with Crippen molar-refractivity contribution in [2.45, 2.75) is 23.8 Å². The standard InChI is InChI=1S/C11H15ClN2S/c12-10-6-8(13)3-4-11(10)15-7-9-2-1-5-14-9/h3-4,6,9,14H,1-2,5,7,13H2/t9-/m0/s1. The Hall–Kier alpha value is -0.380. The lowest BCUT2D eigenvalue weighted by Crippen LogP contribution is -2.23. The number of benzene rings is 1. The van der Waals surface area contributed by atoms with Crippen molar-refractivity contribution < 1.29 is 0 Å². The second kappa shape index (κ2) is 5.10. The molecule has 1 aliphatic heterocycles. The van der Waals surface area contributed by atoms with Crippen LogP contribution in [-0.2, 0) is 0 Å². The maximum Gasteiger partial charge on any atom is 0.0562 e. The van der Waals surface area contributed by atoms with E-state index in [0.717, 1.165) is 27.9 Å². The summed E-state index contributed by atoms with van der Waals surface area (Å²) in [6.07, 6.45) is 2.57. The van der Waals surface area contributed by atoms with Crippen LogP contribution >= 0.6 is 23.4 Å². The van der Waals surface area contributed by atoms with Crippen LogP contribution in [0.25, 0.3) is 0 Å². The van der Waals surface area contributed by atoms with Crippen LogP contribution in [-0.4, -0.2) is 18.3 Å². The third kappa shape index (κ3) is 3.03. The van der Waals surface area contributed by atoms with E-state index in [4.69, 9.17) is 17.3 Å². The van der Waals surface area contributed by atoms with Gasteiger partial charge in [0.05, 0.1) is 5.02 Å². The first kappa shape index (κ1) is 11.1. The van der Waals surface area contributed by atoms with Gasteiger partial charge in [0.25, 0.3) is 0 Å². The van der Waals surface area contributed by atoms with Crippen LogP contribution in [0, 0.1) is 0 Å². The number of nitrogens with two attached hydrogens (primary N) is 1. The molecule has 0 radical (unpaired) electrons. The Morgan fingerprint density at radius 1 is 1.53 bits per heavy atom. The molecule has 0 aliphatic carbocycles. The number of nitrogen functional groups attached to an aromatic ring is 1. The highest BCUT2D eigenvalue weighted by atomic mass is 35.5. The summed E-state index contributed by atoms with van der Waals surface area (Å²) in [6.45, 7) is 1.15. The summed E-state index contributed by atoms with van der Waals surface area (Å²) in [6, 6.07) is 6.35. The van der Waals surface area contributed by atoms with Gasteiger partial charge in [-0.2, -0.15) is 0 Å². The molecule has 1 aromatic rings. The minimum Gasteiger partial charge on any atom is -0.399 e. The molecule has 0 spiro atoms. The lowest BCUT2D eigenvalue weighted by atomic mass is 10.3. The molecule has 0 aromatic heterocycles. The Bertz CT molecular complexity index is 337. The van der Waals surface area contributed by atoms with Gasteiger partial charge in [0.15, 0.2) is 0 Å². The van der Waals surface area contributed by atoms with Crippen LogP contribution in [0.15, 0.2) is 23.1 Å². The summed E-state index contributed by atoms with van der Waals surface area (Å²) in [5.74, 6) is 1.09. The first-order chi connectivity index (χ1) is 7.25. The maximum absolute atomic E-state index is 6.09. The van der Waals surface area contributed by atoms with Crippen LogP contribution in [0.5, 0.6) is 0 Å². The fourth-order valence-corrected chi connectivity index (χ4v) is 3.10. The molecule has 0 unspecified atom stereocenters. The van der Waals surface area contributed by atoms with E-state index >= 15 is 0 Å². The number of hydrogen-bond acceptors (Lipinski definition) is 3. The monoisotopic (exact) mass is 242 g/mol. The smallest absolute Gasteiger partial charge is 0.0562 e. The lowest BCUT2D eigenvalue weighted by molar-refractivity contribution is 0.674. The molecular weight excluding hydrogens is 228 g/mol. The van der Waals surface area contributed by atoms with E-state index in [1.54, 1.807) is 11.8 Å². The van der Waals surface area contributed by atoms with E-state index in [2.05, 4.69) is 5.32 Å². The van der Waals surface area contributed by atoms with Gasteiger partial charge in [-0.1, -0.05) is 11.6 Å². The molecule has 2 nitrogen and oxygen atoms in total. The average molecular weight is 243 g/mol. The summed E-state index contributed by atoms with van der Waals surface area (Å²) in [4.78, 5) is 1.12. The van der Waals surface area contributed by atoms with Crippen molar-refractivity contribution in [2.75, 3.05) is 18.0 Å². The summed E-state index contributed by atoms with van der Waals surface area (Å²) in [5.41, 5.74) is 6.37. The van der Waals surface area contributed by atoms with Crippen LogP contribution < -0.4 is 11.1 Å². The predicted octanol–water partition coefficient (Wildman–Crippen LogP) is 2.77. The minimum absolute atomic E-state index is 0.642. The van der Waals surface area contributed by atoms with Gasteiger partial charge >= 0.3 is 0 Å². The van der Waals surface area contributed by atoms with E-state index in [1.165, 1.54) is 12.8 Å². The summed E-state index contributed by atoms with van der Waals surface area (Å²) in [5, 5.41) is 4.23. The number of hydrogen-bond donors (Lipinski definition) is 2. The summed E-state index contributed by atoms with van der Waals surface area (Å²) < 4.78 is 0. The van der Waals surface area contributed by atoms with Crippen LogP contribution in [0.3, 0.4) is 0 Å². The molecule has 1 atom stereocenters. The zero-order chi connectivity index (χ0) is 10.7. The molecule has 15 heavy (non-hydrogen) atoms. The summed E-state index contributed by atoms with van der Waals surface area (Å²) >= 11 is 7.90. The number of halogens is 1. The van der Waals surface area contributed by atoms with Gasteiger partial charge in [0.2, 0.25) is 0 Å². The third-order valence-electron chi connectivity index (χ3n) is 2.56. The largest absolute Gasteiger partial charge is 0.399 e. The fraction of sp³-hybridized carbons (Fsp3) is 0.455. The Morgan fingerprint density at radius 3 is 3.07 bits per heavy atom. The van der Waals surface area contributed by atoms with Crippen LogP contribution in [0.4, 0.5) is 5.69 Å². The van der Waals surface area contributed by atoms with Crippen molar-refractivity contribution in [1.82, 2.24) is 5.32 Å². The first-order valence-corrected chi connectivity index (χ1v) is 6.53. The first-order valence-electron chi connectivity index (χ1n) is 5.17. The topological polar surface area (TPSA) is 38.0 Å². The SMILES string of the molecule is Nc1ccc(SC[C@@H]2CCCN2)c(Cl)c1. The fourth-order valence-electron chi connectivity index (χ4n) is 1.72. The minimum atomic E-state index is 0.642.